The molecule has 3 heterocycles. The largest absolute Gasteiger partial charge is 0.369 e. The number of aromatic amines is 1. The molecule has 6 nitrogen and oxygen atoms in total. The summed E-state index contributed by atoms with van der Waals surface area (Å²) in [6.45, 7) is 4.77. The van der Waals surface area contributed by atoms with E-state index in [-0.39, 0.29) is 0 Å². The number of hydrogen-bond acceptors (Lipinski definition) is 5. The van der Waals surface area contributed by atoms with Gasteiger partial charge in [-0.15, -0.1) is 0 Å². The number of piperazine rings is 1. The molecule has 1 N–H and O–H groups in total. The highest BCUT2D eigenvalue weighted by molar-refractivity contribution is 7.71. The van der Waals surface area contributed by atoms with Crippen LogP contribution in [0.25, 0.3) is 11.4 Å². The monoisotopic (exact) mass is 352 g/mol. The lowest BCUT2D eigenvalue weighted by Crippen LogP contribution is -2.46. The van der Waals surface area contributed by atoms with E-state index in [2.05, 4.69) is 55.2 Å². The van der Waals surface area contributed by atoms with Crippen LogP contribution in [-0.2, 0) is 6.67 Å². The van der Waals surface area contributed by atoms with Gasteiger partial charge >= 0.3 is 0 Å². The highest BCUT2D eigenvalue weighted by Crippen LogP contribution is 2.17. The van der Waals surface area contributed by atoms with E-state index in [1.807, 2.05) is 16.8 Å². The number of aromatic nitrogens is 4. The van der Waals surface area contributed by atoms with Crippen LogP contribution in [0.2, 0.25) is 0 Å². The van der Waals surface area contributed by atoms with E-state index in [4.69, 9.17) is 12.2 Å². The summed E-state index contributed by atoms with van der Waals surface area (Å²) in [6.07, 6.45) is 3.52. The molecule has 0 aliphatic carbocycles. The number of pyridine rings is 1. The Hall–Kier alpha value is -2.51. The van der Waals surface area contributed by atoms with Crippen molar-refractivity contribution in [2.75, 3.05) is 31.1 Å². The van der Waals surface area contributed by atoms with Crippen molar-refractivity contribution in [2.24, 2.45) is 0 Å². The van der Waals surface area contributed by atoms with Crippen LogP contribution in [0.1, 0.15) is 0 Å². The molecule has 3 aromatic rings. The molecule has 0 bridgehead atoms. The second-order valence-corrected chi connectivity index (χ2v) is 6.47. The number of benzene rings is 1. The molecule has 4 rings (SSSR count). The maximum atomic E-state index is 5.41. The topological polar surface area (TPSA) is 53.0 Å². The fourth-order valence-electron chi connectivity index (χ4n) is 3.08. The first-order chi connectivity index (χ1) is 12.3. The number of para-hydroxylation sites is 1. The van der Waals surface area contributed by atoms with Crippen LogP contribution in [0, 0.1) is 4.77 Å². The van der Waals surface area contributed by atoms with Crippen LogP contribution < -0.4 is 4.90 Å². The van der Waals surface area contributed by atoms with E-state index >= 15 is 0 Å². The molecule has 1 aliphatic heterocycles. The Morgan fingerprint density at radius 1 is 0.960 bits per heavy atom. The van der Waals surface area contributed by atoms with Crippen LogP contribution in [0.5, 0.6) is 0 Å². The molecule has 128 valence electrons. The maximum Gasteiger partial charge on any atom is 0.217 e. The molecular weight excluding hydrogens is 332 g/mol. The van der Waals surface area contributed by atoms with Gasteiger partial charge in [0.15, 0.2) is 5.82 Å². The van der Waals surface area contributed by atoms with Crippen molar-refractivity contribution in [3.63, 3.8) is 0 Å². The van der Waals surface area contributed by atoms with Crippen molar-refractivity contribution < 1.29 is 0 Å². The minimum Gasteiger partial charge on any atom is -0.369 e. The molecule has 0 saturated carbocycles. The van der Waals surface area contributed by atoms with E-state index in [0.29, 0.717) is 4.77 Å². The van der Waals surface area contributed by atoms with Crippen molar-refractivity contribution >= 4 is 17.9 Å². The summed E-state index contributed by atoms with van der Waals surface area (Å²) < 4.78 is 2.51. The van der Waals surface area contributed by atoms with Crippen molar-refractivity contribution in [1.82, 2.24) is 24.6 Å². The van der Waals surface area contributed by atoms with Gasteiger partial charge in [-0.05, 0) is 36.5 Å². The van der Waals surface area contributed by atoms with Gasteiger partial charge in [-0.3, -0.25) is 15.0 Å². The molecular formula is C18H20N6S. The first-order valence-corrected chi connectivity index (χ1v) is 8.80. The Kier molecular flexibility index (Phi) is 4.58. The Morgan fingerprint density at radius 2 is 1.68 bits per heavy atom. The van der Waals surface area contributed by atoms with Gasteiger partial charge in [0.25, 0.3) is 0 Å². The van der Waals surface area contributed by atoms with Gasteiger partial charge in [-0.1, -0.05) is 18.2 Å². The second-order valence-electron chi connectivity index (χ2n) is 6.10. The summed E-state index contributed by atoms with van der Waals surface area (Å²) in [7, 11) is 0. The number of anilines is 1. The second kappa shape index (κ2) is 7.16. The third-order valence-corrected chi connectivity index (χ3v) is 4.78. The summed E-state index contributed by atoms with van der Waals surface area (Å²) in [4.78, 5) is 13.3. The first-order valence-electron chi connectivity index (χ1n) is 8.39. The standard InChI is InChI=1S/C18H20N6S/c25-18-20-17(15-6-8-19-9-7-15)21-24(18)14-22-10-12-23(13-11-22)16-4-2-1-3-5-16/h1-9H,10-14H2,(H,20,21,25). The normalized spacial score (nSPS) is 15.4. The van der Waals surface area contributed by atoms with E-state index in [9.17, 15) is 0 Å². The highest BCUT2D eigenvalue weighted by Gasteiger charge is 2.18. The van der Waals surface area contributed by atoms with Gasteiger partial charge in [0.1, 0.15) is 0 Å². The number of H-pyrrole nitrogens is 1. The van der Waals surface area contributed by atoms with Gasteiger partial charge in [0.05, 0.1) is 6.67 Å². The fraction of sp³-hybridized carbons (Fsp3) is 0.278. The van der Waals surface area contributed by atoms with Crippen molar-refractivity contribution in [3.05, 3.63) is 59.6 Å². The van der Waals surface area contributed by atoms with E-state index in [0.717, 1.165) is 44.2 Å². The van der Waals surface area contributed by atoms with Crippen LogP contribution in [0.4, 0.5) is 5.69 Å². The number of nitrogens with zero attached hydrogens (tertiary/aromatic N) is 5. The van der Waals surface area contributed by atoms with Gasteiger partial charge in [-0.25, -0.2) is 4.68 Å². The minimum atomic E-state index is 0.581. The molecule has 1 fully saturated rings. The van der Waals surface area contributed by atoms with Crippen molar-refractivity contribution in [1.29, 1.82) is 0 Å². The molecule has 0 amide bonds. The summed E-state index contributed by atoms with van der Waals surface area (Å²) in [5.74, 6) is 0.787. The van der Waals surface area contributed by atoms with E-state index in [1.54, 1.807) is 12.4 Å². The zero-order valence-corrected chi connectivity index (χ0v) is 14.7. The molecule has 1 aliphatic rings. The van der Waals surface area contributed by atoms with Crippen LogP contribution in [-0.4, -0.2) is 50.8 Å². The molecule has 0 unspecified atom stereocenters. The molecule has 0 radical (unpaired) electrons. The van der Waals surface area contributed by atoms with Gasteiger partial charge in [0.2, 0.25) is 4.77 Å². The number of hydrogen-bond donors (Lipinski definition) is 1. The molecule has 0 atom stereocenters. The quantitative estimate of drug-likeness (QED) is 0.732. The van der Waals surface area contributed by atoms with Crippen molar-refractivity contribution in [2.45, 2.75) is 6.67 Å². The molecule has 0 spiro atoms. The highest BCUT2D eigenvalue weighted by atomic mass is 32.1. The molecule has 1 saturated heterocycles. The van der Waals surface area contributed by atoms with Gasteiger partial charge in [0, 0.05) is 49.8 Å². The Bertz CT molecular complexity index is 865. The lowest BCUT2D eigenvalue weighted by Gasteiger charge is -2.35. The minimum absolute atomic E-state index is 0.581. The zero-order chi connectivity index (χ0) is 17.1. The van der Waals surface area contributed by atoms with Gasteiger partial charge in [-0.2, -0.15) is 4.98 Å². The Balaban J connectivity index is 1.41. The lowest BCUT2D eigenvalue weighted by atomic mass is 10.2. The lowest BCUT2D eigenvalue weighted by molar-refractivity contribution is 0.194. The third kappa shape index (κ3) is 3.62. The predicted octanol–water partition coefficient (Wildman–Crippen LogP) is 2.78. The molecule has 1 aromatic carbocycles. The predicted molar refractivity (Wildman–Crippen MR) is 101 cm³/mol. The van der Waals surface area contributed by atoms with Gasteiger partial charge < -0.3 is 4.90 Å². The molecule has 2 aromatic heterocycles. The Labute approximate surface area is 151 Å². The number of nitrogens with one attached hydrogen (secondary N) is 1. The van der Waals surface area contributed by atoms with Crippen molar-refractivity contribution in [3.8, 4) is 11.4 Å². The summed E-state index contributed by atoms with van der Waals surface area (Å²) in [6, 6.07) is 14.4. The molecule has 7 heteroatoms. The molecule has 25 heavy (non-hydrogen) atoms. The van der Waals surface area contributed by atoms with E-state index < -0.39 is 0 Å². The maximum absolute atomic E-state index is 5.41. The SMILES string of the molecule is S=c1nc(-c2ccncc2)[nH]n1CN1CCN(c2ccccc2)CC1. The van der Waals surface area contributed by atoms with Crippen LogP contribution in [0.3, 0.4) is 0 Å². The smallest absolute Gasteiger partial charge is 0.217 e. The van der Waals surface area contributed by atoms with Crippen LogP contribution >= 0.6 is 12.2 Å². The third-order valence-electron chi connectivity index (χ3n) is 4.47. The number of rotatable bonds is 4. The average Bonchev–Trinajstić information content (AvgIpc) is 3.04. The zero-order valence-electron chi connectivity index (χ0n) is 13.9. The summed E-state index contributed by atoms with van der Waals surface area (Å²) in [5.41, 5.74) is 2.29. The van der Waals surface area contributed by atoms with E-state index in [1.165, 1.54) is 5.69 Å². The summed E-state index contributed by atoms with van der Waals surface area (Å²) >= 11 is 5.41. The average molecular weight is 352 g/mol. The van der Waals surface area contributed by atoms with Crippen LogP contribution in [0.15, 0.2) is 54.9 Å². The fourth-order valence-corrected chi connectivity index (χ4v) is 3.27. The first kappa shape index (κ1) is 16.0. The summed E-state index contributed by atoms with van der Waals surface area (Å²) in [5, 5.41) is 3.31. The Morgan fingerprint density at radius 3 is 2.40 bits per heavy atom.